The molecule has 0 aliphatic rings. The van der Waals surface area contributed by atoms with Crippen LogP contribution in [0.3, 0.4) is 0 Å². The SMILES string of the molecule is Cc1cccc(Cl)c1NC(C)C. The van der Waals surface area contributed by atoms with Gasteiger partial charge in [0.2, 0.25) is 0 Å². The van der Waals surface area contributed by atoms with Gasteiger partial charge in [-0.15, -0.1) is 0 Å². The number of hydrogen-bond donors (Lipinski definition) is 1. The summed E-state index contributed by atoms with van der Waals surface area (Å²) in [5, 5.41) is 4.10. The molecule has 12 heavy (non-hydrogen) atoms. The van der Waals surface area contributed by atoms with Gasteiger partial charge in [-0.25, -0.2) is 0 Å². The summed E-state index contributed by atoms with van der Waals surface area (Å²) in [5.74, 6) is 0. The zero-order chi connectivity index (χ0) is 9.14. The van der Waals surface area contributed by atoms with Crippen molar-refractivity contribution in [1.82, 2.24) is 0 Å². The molecule has 0 fully saturated rings. The fourth-order valence-corrected chi connectivity index (χ4v) is 1.38. The van der Waals surface area contributed by atoms with Gasteiger partial charge in [0, 0.05) is 6.04 Å². The summed E-state index contributed by atoms with van der Waals surface area (Å²) in [5.41, 5.74) is 2.24. The van der Waals surface area contributed by atoms with Crippen molar-refractivity contribution in [3.63, 3.8) is 0 Å². The maximum atomic E-state index is 6.01. The van der Waals surface area contributed by atoms with E-state index in [1.54, 1.807) is 0 Å². The maximum Gasteiger partial charge on any atom is 0.0640 e. The predicted molar refractivity (Wildman–Crippen MR) is 54.9 cm³/mol. The lowest BCUT2D eigenvalue weighted by Crippen LogP contribution is -2.10. The third-order valence-corrected chi connectivity index (χ3v) is 1.97. The van der Waals surface area contributed by atoms with E-state index in [-0.39, 0.29) is 0 Å². The van der Waals surface area contributed by atoms with Crippen LogP contribution in [0.2, 0.25) is 5.02 Å². The van der Waals surface area contributed by atoms with E-state index in [9.17, 15) is 0 Å². The number of para-hydroxylation sites is 1. The van der Waals surface area contributed by atoms with Crippen molar-refractivity contribution in [2.75, 3.05) is 5.32 Å². The summed E-state index contributed by atoms with van der Waals surface area (Å²) in [4.78, 5) is 0. The quantitative estimate of drug-likeness (QED) is 0.741. The lowest BCUT2D eigenvalue weighted by atomic mass is 10.2. The highest BCUT2D eigenvalue weighted by molar-refractivity contribution is 6.33. The Kier molecular flexibility index (Phi) is 2.99. The Morgan fingerprint density at radius 3 is 2.50 bits per heavy atom. The Morgan fingerprint density at radius 1 is 1.33 bits per heavy atom. The molecule has 0 unspecified atom stereocenters. The van der Waals surface area contributed by atoms with Crippen LogP contribution in [0, 0.1) is 6.92 Å². The fraction of sp³-hybridized carbons (Fsp3) is 0.400. The summed E-state index contributed by atoms with van der Waals surface area (Å²) in [6.45, 7) is 6.25. The largest absolute Gasteiger partial charge is 0.381 e. The number of rotatable bonds is 2. The Hall–Kier alpha value is -0.690. The molecule has 0 atom stereocenters. The molecular formula is C10H14ClN. The van der Waals surface area contributed by atoms with Crippen molar-refractivity contribution in [2.24, 2.45) is 0 Å². The van der Waals surface area contributed by atoms with Crippen molar-refractivity contribution < 1.29 is 0 Å². The van der Waals surface area contributed by atoms with Crippen LogP contribution >= 0.6 is 11.6 Å². The van der Waals surface area contributed by atoms with Gasteiger partial charge in [0.25, 0.3) is 0 Å². The lowest BCUT2D eigenvalue weighted by Gasteiger charge is -2.13. The summed E-state index contributed by atoms with van der Waals surface area (Å²) < 4.78 is 0. The number of benzene rings is 1. The summed E-state index contributed by atoms with van der Waals surface area (Å²) in [6, 6.07) is 6.34. The zero-order valence-electron chi connectivity index (χ0n) is 7.69. The van der Waals surface area contributed by atoms with Gasteiger partial charge >= 0.3 is 0 Å². The molecule has 0 bridgehead atoms. The first-order chi connectivity index (χ1) is 5.61. The van der Waals surface area contributed by atoms with Crippen molar-refractivity contribution >= 4 is 17.3 Å². The van der Waals surface area contributed by atoms with Crippen molar-refractivity contribution in [3.05, 3.63) is 28.8 Å². The Balaban J connectivity index is 2.96. The first kappa shape index (κ1) is 9.40. The number of halogens is 1. The van der Waals surface area contributed by atoms with E-state index in [0.29, 0.717) is 6.04 Å². The summed E-state index contributed by atoms with van der Waals surface area (Å²) in [6.07, 6.45) is 0. The molecule has 1 nitrogen and oxygen atoms in total. The summed E-state index contributed by atoms with van der Waals surface area (Å²) >= 11 is 6.01. The number of anilines is 1. The first-order valence-electron chi connectivity index (χ1n) is 4.13. The van der Waals surface area contributed by atoms with Gasteiger partial charge in [-0.2, -0.15) is 0 Å². The van der Waals surface area contributed by atoms with Gasteiger partial charge in [0.1, 0.15) is 0 Å². The monoisotopic (exact) mass is 183 g/mol. The number of nitrogens with one attached hydrogen (secondary N) is 1. The minimum atomic E-state index is 0.420. The molecule has 1 aromatic rings. The molecule has 66 valence electrons. The van der Waals surface area contributed by atoms with Crippen LogP contribution in [0.25, 0.3) is 0 Å². The molecule has 0 aliphatic carbocycles. The minimum absolute atomic E-state index is 0.420. The third-order valence-electron chi connectivity index (χ3n) is 1.65. The average molecular weight is 184 g/mol. The maximum absolute atomic E-state index is 6.01. The summed E-state index contributed by atoms with van der Waals surface area (Å²) in [7, 11) is 0. The van der Waals surface area contributed by atoms with E-state index in [0.717, 1.165) is 10.7 Å². The van der Waals surface area contributed by atoms with Crippen LogP contribution in [-0.4, -0.2) is 6.04 Å². The average Bonchev–Trinajstić information content (AvgIpc) is 1.97. The lowest BCUT2D eigenvalue weighted by molar-refractivity contribution is 0.897. The highest BCUT2D eigenvalue weighted by Gasteiger charge is 2.03. The molecule has 0 saturated carbocycles. The molecule has 0 aromatic heterocycles. The molecule has 0 heterocycles. The van der Waals surface area contributed by atoms with E-state index in [2.05, 4.69) is 32.2 Å². The Labute approximate surface area is 78.7 Å². The Morgan fingerprint density at radius 2 is 2.00 bits per heavy atom. The molecule has 0 amide bonds. The van der Waals surface area contributed by atoms with Crippen LogP contribution in [0.4, 0.5) is 5.69 Å². The second kappa shape index (κ2) is 3.81. The van der Waals surface area contributed by atoms with Gasteiger partial charge in [-0.05, 0) is 32.4 Å². The second-order valence-electron chi connectivity index (χ2n) is 3.23. The third kappa shape index (κ3) is 2.15. The van der Waals surface area contributed by atoms with Crippen molar-refractivity contribution in [2.45, 2.75) is 26.8 Å². The van der Waals surface area contributed by atoms with Crippen LogP contribution in [0.1, 0.15) is 19.4 Å². The minimum Gasteiger partial charge on any atom is -0.381 e. The van der Waals surface area contributed by atoms with Gasteiger partial charge in [0.15, 0.2) is 0 Å². The molecule has 0 radical (unpaired) electrons. The number of aryl methyl sites for hydroxylation is 1. The van der Waals surface area contributed by atoms with Crippen LogP contribution in [-0.2, 0) is 0 Å². The first-order valence-corrected chi connectivity index (χ1v) is 4.50. The van der Waals surface area contributed by atoms with E-state index < -0.39 is 0 Å². The van der Waals surface area contributed by atoms with Crippen LogP contribution in [0.15, 0.2) is 18.2 Å². The molecule has 0 saturated heterocycles. The topological polar surface area (TPSA) is 12.0 Å². The van der Waals surface area contributed by atoms with Gasteiger partial charge in [-0.1, -0.05) is 23.7 Å². The van der Waals surface area contributed by atoms with Crippen LogP contribution < -0.4 is 5.32 Å². The van der Waals surface area contributed by atoms with Crippen molar-refractivity contribution in [3.8, 4) is 0 Å². The highest BCUT2D eigenvalue weighted by Crippen LogP contribution is 2.25. The molecule has 1 N–H and O–H groups in total. The molecule has 1 rings (SSSR count). The molecule has 1 aromatic carbocycles. The zero-order valence-corrected chi connectivity index (χ0v) is 8.44. The van der Waals surface area contributed by atoms with Gasteiger partial charge in [0.05, 0.1) is 10.7 Å². The van der Waals surface area contributed by atoms with Gasteiger partial charge < -0.3 is 5.32 Å². The fourth-order valence-electron chi connectivity index (χ4n) is 1.10. The molecule has 0 aliphatic heterocycles. The molecular weight excluding hydrogens is 170 g/mol. The van der Waals surface area contributed by atoms with E-state index >= 15 is 0 Å². The van der Waals surface area contributed by atoms with E-state index in [4.69, 9.17) is 11.6 Å². The normalized spacial score (nSPS) is 10.4. The smallest absolute Gasteiger partial charge is 0.0640 e. The van der Waals surface area contributed by atoms with E-state index in [1.165, 1.54) is 5.56 Å². The van der Waals surface area contributed by atoms with E-state index in [1.807, 2.05) is 12.1 Å². The second-order valence-corrected chi connectivity index (χ2v) is 3.64. The van der Waals surface area contributed by atoms with Crippen molar-refractivity contribution in [1.29, 1.82) is 0 Å². The highest BCUT2D eigenvalue weighted by atomic mass is 35.5. The predicted octanol–water partition coefficient (Wildman–Crippen LogP) is 3.47. The molecule has 2 heteroatoms. The Bertz CT molecular complexity index is 248. The van der Waals surface area contributed by atoms with Gasteiger partial charge in [-0.3, -0.25) is 0 Å². The number of hydrogen-bond acceptors (Lipinski definition) is 1. The van der Waals surface area contributed by atoms with Crippen LogP contribution in [0.5, 0.6) is 0 Å². The molecule has 0 spiro atoms. The standard InChI is InChI=1S/C10H14ClN/c1-7(2)12-10-8(3)5-4-6-9(10)11/h4-7,12H,1-3H3.